The Kier molecular flexibility index (Phi) is 7.34. The molecule has 0 saturated carbocycles. The van der Waals surface area contributed by atoms with Crippen molar-refractivity contribution in [3.63, 3.8) is 0 Å². The van der Waals surface area contributed by atoms with Gasteiger partial charge in [0.15, 0.2) is 0 Å². The molecule has 2 amide bonds. The van der Waals surface area contributed by atoms with Gasteiger partial charge < -0.3 is 20.3 Å². The number of nitrogens with one attached hydrogen (secondary N) is 2. The number of amides is 2. The molecule has 4 rings (SSSR count). The van der Waals surface area contributed by atoms with Gasteiger partial charge in [0.1, 0.15) is 5.75 Å². The van der Waals surface area contributed by atoms with Crippen LogP contribution in [-0.4, -0.2) is 43.0 Å². The Morgan fingerprint density at radius 3 is 2.53 bits per heavy atom. The highest BCUT2D eigenvalue weighted by Gasteiger charge is 2.32. The van der Waals surface area contributed by atoms with Gasteiger partial charge in [-0.25, -0.2) is 0 Å². The van der Waals surface area contributed by atoms with E-state index in [0.29, 0.717) is 31.7 Å². The van der Waals surface area contributed by atoms with Crippen molar-refractivity contribution in [2.75, 3.05) is 25.5 Å². The summed E-state index contributed by atoms with van der Waals surface area (Å²) in [4.78, 5) is 27.5. The van der Waals surface area contributed by atoms with E-state index >= 15 is 0 Å². The first kappa shape index (κ1) is 22.1. The molecule has 0 spiro atoms. The molecule has 30 heavy (non-hydrogen) atoms. The Labute approximate surface area is 183 Å². The molecule has 160 valence electrons. The van der Waals surface area contributed by atoms with E-state index in [9.17, 15) is 9.59 Å². The number of piperidine rings is 1. The number of likely N-dealkylation sites (tertiary alicyclic amines) is 1. The van der Waals surface area contributed by atoms with Gasteiger partial charge in [0, 0.05) is 37.3 Å². The van der Waals surface area contributed by atoms with Crippen molar-refractivity contribution in [1.29, 1.82) is 0 Å². The lowest BCUT2D eigenvalue weighted by atomic mass is 9.92. The van der Waals surface area contributed by atoms with Crippen molar-refractivity contribution in [3.8, 4) is 5.75 Å². The van der Waals surface area contributed by atoms with Gasteiger partial charge >= 0.3 is 0 Å². The molecular weight excluding hydrogens is 402 g/mol. The van der Waals surface area contributed by atoms with Crippen LogP contribution in [0, 0.1) is 5.92 Å². The summed E-state index contributed by atoms with van der Waals surface area (Å²) in [5.74, 6) is 0.788. The fourth-order valence-corrected chi connectivity index (χ4v) is 4.16. The van der Waals surface area contributed by atoms with E-state index in [0.717, 1.165) is 18.7 Å². The van der Waals surface area contributed by atoms with Crippen molar-refractivity contribution >= 4 is 29.9 Å². The minimum Gasteiger partial charge on any atom is -0.497 e. The zero-order valence-corrected chi connectivity index (χ0v) is 17.9. The van der Waals surface area contributed by atoms with Crippen molar-refractivity contribution in [3.05, 3.63) is 59.7 Å². The summed E-state index contributed by atoms with van der Waals surface area (Å²) in [6.45, 7) is 1.97. The molecule has 0 aliphatic carbocycles. The molecule has 1 atom stereocenters. The zero-order valence-electron chi connectivity index (χ0n) is 17.1. The lowest BCUT2D eigenvalue weighted by Gasteiger charge is -2.35. The topological polar surface area (TPSA) is 70.7 Å². The van der Waals surface area contributed by atoms with E-state index < -0.39 is 0 Å². The number of hydrogen-bond acceptors (Lipinski definition) is 4. The van der Waals surface area contributed by atoms with Crippen LogP contribution in [0.5, 0.6) is 5.75 Å². The predicted molar refractivity (Wildman–Crippen MR) is 119 cm³/mol. The van der Waals surface area contributed by atoms with Crippen LogP contribution in [-0.2, 0) is 22.6 Å². The van der Waals surface area contributed by atoms with E-state index in [1.165, 1.54) is 11.1 Å². The Bertz CT molecular complexity index is 897. The summed E-state index contributed by atoms with van der Waals surface area (Å²) in [6, 6.07) is 15.5. The monoisotopic (exact) mass is 429 g/mol. The van der Waals surface area contributed by atoms with Gasteiger partial charge in [-0.2, -0.15) is 0 Å². The number of carbonyl (C=O) groups is 2. The van der Waals surface area contributed by atoms with Crippen LogP contribution in [0.1, 0.15) is 24.0 Å². The van der Waals surface area contributed by atoms with E-state index in [2.05, 4.69) is 22.8 Å². The average Bonchev–Trinajstić information content (AvgIpc) is 2.78. The van der Waals surface area contributed by atoms with Gasteiger partial charge in [0.05, 0.1) is 13.2 Å². The third-order valence-electron chi connectivity index (χ3n) is 5.89. The maximum absolute atomic E-state index is 13.0. The first-order chi connectivity index (χ1) is 14.1. The van der Waals surface area contributed by atoms with Crippen molar-refractivity contribution in [1.82, 2.24) is 10.2 Å². The quantitative estimate of drug-likeness (QED) is 0.783. The Morgan fingerprint density at radius 1 is 1.07 bits per heavy atom. The summed E-state index contributed by atoms with van der Waals surface area (Å²) in [5.41, 5.74) is 3.25. The highest BCUT2D eigenvalue weighted by molar-refractivity contribution is 5.93. The van der Waals surface area contributed by atoms with Gasteiger partial charge in [-0.05, 0) is 42.5 Å². The molecule has 6 nitrogen and oxygen atoms in total. The number of ether oxygens (including phenoxy) is 1. The van der Waals surface area contributed by atoms with E-state index in [1.54, 1.807) is 7.11 Å². The Hall–Kier alpha value is -2.57. The number of carbonyl (C=O) groups excluding carboxylic acids is 2. The molecule has 0 radical (unpaired) electrons. The predicted octanol–water partition coefficient (Wildman–Crippen LogP) is 3.01. The summed E-state index contributed by atoms with van der Waals surface area (Å²) in [7, 11) is 1.60. The number of hydrogen-bond donors (Lipinski definition) is 2. The van der Waals surface area contributed by atoms with Gasteiger partial charge in [0.25, 0.3) is 0 Å². The van der Waals surface area contributed by atoms with Crippen LogP contribution in [0.25, 0.3) is 0 Å². The van der Waals surface area contributed by atoms with Crippen LogP contribution in [0.15, 0.2) is 48.5 Å². The Balaban J connectivity index is 0.00000256. The molecule has 7 heteroatoms. The second kappa shape index (κ2) is 9.96. The summed E-state index contributed by atoms with van der Waals surface area (Å²) in [5, 5.41) is 6.34. The largest absolute Gasteiger partial charge is 0.497 e. The molecule has 1 unspecified atom stereocenters. The van der Waals surface area contributed by atoms with Crippen LogP contribution in [0.4, 0.5) is 5.69 Å². The fourth-order valence-electron chi connectivity index (χ4n) is 4.16. The number of methoxy groups -OCH3 is 1. The van der Waals surface area contributed by atoms with Gasteiger partial charge in [-0.1, -0.05) is 30.3 Å². The number of anilines is 1. The van der Waals surface area contributed by atoms with Crippen LogP contribution >= 0.6 is 12.4 Å². The normalized spacial score (nSPS) is 18.7. The maximum Gasteiger partial charge on any atom is 0.240 e. The molecule has 2 aromatic rings. The summed E-state index contributed by atoms with van der Waals surface area (Å²) in [6.07, 6.45) is 2.10. The fraction of sp³-hybridized carbons (Fsp3) is 0.391. The van der Waals surface area contributed by atoms with Gasteiger partial charge in [-0.3, -0.25) is 9.59 Å². The first-order valence-electron chi connectivity index (χ1n) is 10.2. The standard InChI is InChI=1S/C23H27N3O3.ClH/c1-29-20-8-4-7-19(14-20)25-22(27)16-9-11-26(12-10-16)23(28)21-13-17-5-2-3-6-18(17)15-24-21;/h2-8,14,16,21,24H,9-13,15H2,1H3,(H,25,27);1H. The second-order valence-corrected chi connectivity index (χ2v) is 7.73. The van der Waals surface area contributed by atoms with E-state index in [4.69, 9.17) is 4.74 Å². The average molecular weight is 430 g/mol. The van der Waals surface area contributed by atoms with Gasteiger partial charge in [0.2, 0.25) is 11.8 Å². The third kappa shape index (κ3) is 4.94. The molecule has 2 N–H and O–H groups in total. The molecule has 2 aromatic carbocycles. The maximum atomic E-state index is 13.0. The molecule has 2 heterocycles. The minimum atomic E-state index is -0.174. The first-order valence-corrected chi connectivity index (χ1v) is 10.2. The Morgan fingerprint density at radius 2 is 1.80 bits per heavy atom. The molecule has 1 saturated heterocycles. The lowest BCUT2D eigenvalue weighted by Crippen LogP contribution is -2.52. The van der Waals surface area contributed by atoms with Gasteiger partial charge in [-0.15, -0.1) is 12.4 Å². The lowest BCUT2D eigenvalue weighted by molar-refractivity contribution is -0.136. The number of benzene rings is 2. The number of rotatable bonds is 4. The highest BCUT2D eigenvalue weighted by atomic mass is 35.5. The molecule has 0 bridgehead atoms. The molecule has 1 fully saturated rings. The second-order valence-electron chi connectivity index (χ2n) is 7.73. The minimum absolute atomic E-state index is 0. The van der Waals surface area contributed by atoms with Crippen molar-refractivity contribution in [2.45, 2.75) is 31.8 Å². The van der Waals surface area contributed by atoms with E-state index in [1.807, 2.05) is 41.3 Å². The molecular formula is C23H28ClN3O3. The van der Waals surface area contributed by atoms with Crippen LogP contribution in [0.2, 0.25) is 0 Å². The SMILES string of the molecule is COc1cccc(NC(=O)C2CCN(C(=O)C3Cc4ccccc4CN3)CC2)c1.Cl. The zero-order chi connectivity index (χ0) is 20.2. The molecule has 2 aliphatic rings. The smallest absolute Gasteiger partial charge is 0.240 e. The van der Waals surface area contributed by atoms with Crippen LogP contribution < -0.4 is 15.4 Å². The summed E-state index contributed by atoms with van der Waals surface area (Å²) < 4.78 is 5.20. The number of fused-ring (bicyclic) bond motifs is 1. The third-order valence-corrected chi connectivity index (χ3v) is 5.89. The van der Waals surface area contributed by atoms with Crippen molar-refractivity contribution < 1.29 is 14.3 Å². The van der Waals surface area contributed by atoms with Crippen molar-refractivity contribution in [2.24, 2.45) is 5.92 Å². The number of nitrogens with zero attached hydrogens (tertiary/aromatic N) is 1. The number of halogens is 1. The van der Waals surface area contributed by atoms with E-state index in [-0.39, 0.29) is 36.2 Å². The highest BCUT2D eigenvalue weighted by Crippen LogP contribution is 2.23. The molecule has 0 aromatic heterocycles. The van der Waals surface area contributed by atoms with Crippen LogP contribution in [0.3, 0.4) is 0 Å². The molecule has 2 aliphatic heterocycles. The summed E-state index contributed by atoms with van der Waals surface area (Å²) >= 11 is 0.